The smallest absolute Gasteiger partial charge is 0.128 e. The molecule has 94 valence electrons. The quantitative estimate of drug-likeness (QED) is 0.812. The van der Waals surface area contributed by atoms with Crippen molar-refractivity contribution >= 4 is 15.9 Å². The summed E-state index contributed by atoms with van der Waals surface area (Å²) >= 11 is 3.22. The van der Waals surface area contributed by atoms with Crippen LogP contribution < -0.4 is 10.1 Å². The first-order valence-electron chi connectivity index (χ1n) is 5.46. The van der Waals surface area contributed by atoms with Gasteiger partial charge in [-0.3, -0.25) is 0 Å². The summed E-state index contributed by atoms with van der Waals surface area (Å²) in [6.45, 7) is 9.12. The van der Waals surface area contributed by atoms with Crippen molar-refractivity contribution in [3.8, 4) is 5.75 Å². The third kappa shape index (κ3) is 5.84. The summed E-state index contributed by atoms with van der Waals surface area (Å²) < 4.78 is 19.2. The molecule has 17 heavy (non-hydrogen) atoms. The molecule has 0 aromatic heterocycles. The Labute approximate surface area is 110 Å². The van der Waals surface area contributed by atoms with Crippen molar-refractivity contribution in [2.24, 2.45) is 0 Å². The summed E-state index contributed by atoms with van der Waals surface area (Å²) in [6.07, 6.45) is 0. The van der Waals surface area contributed by atoms with Crippen molar-refractivity contribution < 1.29 is 9.13 Å². The molecule has 0 unspecified atom stereocenters. The van der Waals surface area contributed by atoms with Crippen LogP contribution in [-0.2, 0) is 0 Å². The van der Waals surface area contributed by atoms with Crippen LogP contribution in [0.3, 0.4) is 0 Å². The van der Waals surface area contributed by atoms with E-state index >= 15 is 0 Å². The third-order valence-electron chi connectivity index (χ3n) is 2.04. The van der Waals surface area contributed by atoms with Crippen LogP contribution >= 0.6 is 15.9 Å². The first kappa shape index (κ1) is 14.2. The first-order chi connectivity index (χ1) is 7.97. The van der Waals surface area contributed by atoms with E-state index in [0.717, 1.165) is 5.57 Å². The van der Waals surface area contributed by atoms with Crippen molar-refractivity contribution in [2.75, 3.05) is 13.2 Å². The van der Waals surface area contributed by atoms with Gasteiger partial charge in [0, 0.05) is 23.1 Å². The first-order valence-corrected chi connectivity index (χ1v) is 6.25. The molecule has 2 nitrogen and oxygen atoms in total. The average molecular weight is 302 g/mol. The van der Waals surface area contributed by atoms with E-state index in [1.807, 2.05) is 0 Å². The number of hydrogen-bond donors (Lipinski definition) is 1. The van der Waals surface area contributed by atoms with Crippen LogP contribution in [0.25, 0.3) is 0 Å². The van der Waals surface area contributed by atoms with Crippen molar-refractivity contribution in [3.05, 3.63) is 40.6 Å². The van der Waals surface area contributed by atoms with Gasteiger partial charge in [-0.15, -0.1) is 0 Å². The Morgan fingerprint density at radius 2 is 2.18 bits per heavy atom. The molecule has 4 heteroatoms. The molecule has 0 aliphatic rings. The molecule has 0 saturated carbocycles. The van der Waals surface area contributed by atoms with Crippen LogP contribution in [0.15, 0.2) is 34.8 Å². The predicted octanol–water partition coefficient (Wildman–Crippen LogP) is 3.52. The molecule has 0 amide bonds. The fraction of sp³-hybridized carbons (Fsp3) is 0.385. The van der Waals surface area contributed by atoms with Crippen molar-refractivity contribution in [1.82, 2.24) is 5.32 Å². The summed E-state index contributed by atoms with van der Waals surface area (Å²) in [7, 11) is 0. The standard InChI is InChI=1S/C13H17BrFNO/c1-9(2)16-7-10(3)8-17-13-5-11(14)4-12(15)6-13/h4-6,9,16H,3,7-8H2,1-2H3. The highest BCUT2D eigenvalue weighted by Crippen LogP contribution is 2.20. The van der Waals surface area contributed by atoms with E-state index in [9.17, 15) is 4.39 Å². The second-order valence-corrected chi connectivity index (χ2v) is 5.10. The van der Waals surface area contributed by atoms with E-state index in [4.69, 9.17) is 4.74 Å². The molecule has 1 aromatic rings. The Kier molecular flexibility index (Phi) is 5.65. The van der Waals surface area contributed by atoms with E-state index in [-0.39, 0.29) is 5.82 Å². The lowest BCUT2D eigenvalue weighted by atomic mass is 10.3. The summed E-state index contributed by atoms with van der Waals surface area (Å²) in [5.41, 5.74) is 0.930. The number of halogens is 2. The van der Waals surface area contributed by atoms with Crippen molar-refractivity contribution in [3.63, 3.8) is 0 Å². The molecule has 0 fully saturated rings. The molecule has 0 atom stereocenters. The van der Waals surface area contributed by atoms with E-state index in [1.165, 1.54) is 12.1 Å². The Bertz CT molecular complexity index is 373. The molecule has 0 saturated heterocycles. The third-order valence-corrected chi connectivity index (χ3v) is 2.50. The molecule has 0 aliphatic carbocycles. The maximum atomic E-state index is 13.1. The molecule has 0 radical (unpaired) electrons. The van der Waals surface area contributed by atoms with Gasteiger partial charge in [0.1, 0.15) is 18.2 Å². The van der Waals surface area contributed by atoms with Crippen LogP contribution in [-0.4, -0.2) is 19.2 Å². The average Bonchev–Trinajstić information content (AvgIpc) is 2.22. The topological polar surface area (TPSA) is 21.3 Å². The van der Waals surface area contributed by atoms with Crippen LogP contribution in [0.1, 0.15) is 13.8 Å². The number of ether oxygens (including phenoxy) is 1. The molecular formula is C13H17BrFNO. The summed E-state index contributed by atoms with van der Waals surface area (Å²) in [5, 5.41) is 3.24. The highest BCUT2D eigenvalue weighted by Gasteiger charge is 2.02. The van der Waals surface area contributed by atoms with Gasteiger partial charge in [-0.25, -0.2) is 4.39 Å². The van der Waals surface area contributed by atoms with E-state index in [1.54, 1.807) is 6.07 Å². The molecule has 0 aliphatic heterocycles. The lowest BCUT2D eigenvalue weighted by Gasteiger charge is -2.12. The van der Waals surface area contributed by atoms with Crippen LogP contribution in [0.4, 0.5) is 4.39 Å². The minimum Gasteiger partial charge on any atom is -0.489 e. The number of hydrogen-bond acceptors (Lipinski definition) is 2. The molecule has 0 heterocycles. The largest absolute Gasteiger partial charge is 0.489 e. The second kappa shape index (κ2) is 6.77. The second-order valence-electron chi connectivity index (χ2n) is 4.18. The lowest BCUT2D eigenvalue weighted by Crippen LogP contribution is -2.26. The highest BCUT2D eigenvalue weighted by atomic mass is 79.9. The molecular weight excluding hydrogens is 285 g/mol. The van der Waals surface area contributed by atoms with Crippen LogP contribution in [0, 0.1) is 5.82 Å². The maximum absolute atomic E-state index is 13.1. The van der Waals surface area contributed by atoms with E-state index in [0.29, 0.717) is 29.4 Å². The van der Waals surface area contributed by atoms with Crippen molar-refractivity contribution in [2.45, 2.75) is 19.9 Å². The minimum absolute atomic E-state index is 0.319. The van der Waals surface area contributed by atoms with Gasteiger partial charge >= 0.3 is 0 Å². The summed E-state index contributed by atoms with van der Waals surface area (Å²) in [4.78, 5) is 0. The van der Waals surface area contributed by atoms with Gasteiger partial charge in [-0.1, -0.05) is 36.4 Å². The van der Waals surface area contributed by atoms with Crippen molar-refractivity contribution in [1.29, 1.82) is 0 Å². The fourth-order valence-electron chi connectivity index (χ4n) is 1.20. The Morgan fingerprint density at radius 3 is 2.76 bits per heavy atom. The minimum atomic E-state index is -0.319. The van der Waals surface area contributed by atoms with Gasteiger partial charge in [0.15, 0.2) is 0 Å². The Morgan fingerprint density at radius 1 is 1.47 bits per heavy atom. The molecule has 1 aromatic carbocycles. The maximum Gasteiger partial charge on any atom is 0.128 e. The van der Waals surface area contributed by atoms with Crippen LogP contribution in [0.5, 0.6) is 5.75 Å². The summed E-state index contributed by atoms with van der Waals surface area (Å²) in [6, 6.07) is 4.89. The van der Waals surface area contributed by atoms with Gasteiger partial charge in [0.2, 0.25) is 0 Å². The lowest BCUT2D eigenvalue weighted by molar-refractivity contribution is 0.345. The zero-order valence-electron chi connectivity index (χ0n) is 10.1. The molecule has 1 rings (SSSR count). The van der Waals surface area contributed by atoms with Crippen LogP contribution in [0.2, 0.25) is 0 Å². The van der Waals surface area contributed by atoms with Gasteiger partial charge in [0.05, 0.1) is 0 Å². The number of rotatable bonds is 6. The van der Waals surface area contributed by atoms with Gasteiger partial charge in [0.25, 0.3) is 0 Å². The Balaban J connectivity index is 2.42. The summed E-state index contributed by atoms with van der Waals surface area (Å²) in [5.74, 6) is 0.183. The molecule has 1 N–H and O–H groups in total. The Hall–Kier alpha value is -0.870. The molecule has 0 bridgehead atoms. The highest BCUT2D eigenvalue weighted by molar-refractivity contribution is 9.10. The number of nitrogens with one attached hydrogen (secondary N) is 1. The zero-order valence-corrected chi connectivity index (χ0v) is 11.7. The van der Waals surface area contributed by atoms with E-state index < -0.39 is 0 Å². The molecule has 0 spiro atoms. The normalized spacial score (nSPS) is 10.6. The fourth-order valence-corrected chi connectivity index (χ4v) is 1.64. The monoisotopic (exact) mass is 301 g/mol. The van der Waals surface area contributed by atoms with Gasteiger partial charge in [-0.05, 0) is 17.7 Å². The number of benzene rings is 1. The zero-order chi connectivity index (χ0) is 12.8. The SMILES string of the molecule is C=C(CNC(C)C)COc1cc(F)cc(Br)c1. The van der Waals surface area contributed by atoms with Gasteiger partial charge in [-0.2, -0.15) is 0 Å². The van der Waals surface area contributed by atoms with E-state index in [2.05, 4.69) is 41.7 Å². The van der Waals surface area contributed by atoms with Gasteiger partial charge < -0.3 is 10.1 Å². The predicted molar refractivity (Wildman–Crippen MR) is 71.9 cm³/mol.